The topological polar surface area (TPSA) is 52.5 Å². The maximum Gasteiger partial charge on any atom is 0.115 e. The van der Waals surface area contributed by atoms with Crippen molar-refractivity contribution in [1.29, 1.82) is 0 Å². The SMILES string of the molecule is CC(C)(C)C(CCO)NC1CCCc2cc(O)ccc21. The lowest BCUT2D eigenvalue weighted by Crippen LogP contribution is -2.43. The van der Waals surface area contributed by atoms with Gasteiger partial charge in [0.2, 0.25) is 0 Å². The molecule has 0 radical (unpaired) electrons. The zero-order chi connectivity index (χ0) is 14.8. The van der Waals surface area contributed by atoms with Crippen LogP contribution in [0.15, 0.2) is 18.2 Å². The molecule has 1 aromatic rings. The molecule has 1 aromatic carbocycles. The van der Waals surface area contributed by atoms with Crippen LogP contribution in [0.2, 0.25) is 0 Å². The average molecular weight is 277 g/mol. The minimum Gasteiger partial charge on any atom is -0.508 e. The number of hydrogen-bond acceptors (Lipinski definition) is 3. The van der Waals surface area contributed by atoms with E-state index in [1.807, 2.05) is 12.1 Å². The van der Waals surface area contributed by atoms with Crippen LogP contribution in [0.1, 0.15) is 57.2 Å². The molecule has 0 bridgehead atoms. The van der Waals surface area contributed by atoms with Gasteiger partial charge >= 0.3 is 0 Å². The quantitative estimate of drug-likeness (QED) is 0.792. The number of aliphatic hydroxyl groups is 1. The molecule has 0 spiro atoms. The highest BCUT2D eigenvalue weighted by Crippen LogP contribution is 2.34. The molecule has 20 heavy (non-hydrogen) atoms. The van der Waals surface area contributed by atoms with Crippen LogP contribution < -0.4 is 5.32 Å². The standard InChI is InChI=1S/C17H27NO2/c1-17(2,3)16(9-10-19)18-15-6-4-5-12-11-13(20)7-8-14(12)15/h7-8,11,15-16,18-20H,4-6,9-10H2,1-3H3. The van der Waals surface area contributed by atoms with Gasteiger partial charge in [-0.1, -0.05) is 26.8 Å². The molecule has 1 aliphatic rings. The fourth-order valence-corrected chi connectivity index (χ4v) is 3.11. The van der Waals surface area contributed by atoms with E-state index < -0.39 is 0 Å². The van der Waals surface area contributed by atoms with E-state index in [4.69, 9.17) is 0 Å². The van der Waals surface area contributed by atoms with Crippen LogP contribution in [0, 0.1) is 5.41 Å². The minimum absolute atomic E-state index is 0.122. The van der Waals surface area contributed by atoms with Gasteiger partial charge in [-0.05, 0) is 54.4 Å². The van der Waals surface area contributed by atoms with E-state index in [-0.39, 0.29) is 18.1 Å². The summed E-state index contributed by atoms with van der Waals surface area (Å²) in [6, 6.07) is 6.32. The van der Waals surface area contributed by atoms with Crippen molar-refractivity contribution in [3.8, 4) is 5.75 Å². The molecule has 0 amide bonds. The summed E-state index contributed by atoms with van der Waals surface area (Å²) >= 11 is 0. The van der Waals surface area contributed by atoms with Crippen molar-refractivity contribution in [2.75, 3.05) is 6.61 Å². The van der Waals surface area contributed by atoms with Gasteiger partial charge < -0.3 is 15.5 Å². The Kier molecular flexibility index (Phi) is 4.71. The van der Waals surface area contributed by atoms with Crippen molar-refractivity contribution < 1.29 is 10.2 Å². The number of nitrogens with one attached hydrogen (secondary N) is 1. The predicted octanol–water partition coefficient (Wildman–Crippen LogP) is 3.16. The van der Waals surface area contributed by atoms with Crippen molar-refractivity contribution in [1.82, 2.24) is 5.32 Å². The second-order valence-corrected chi connectivity index (χ2v) is 6.93. The largest absolute Gasteiger partial charge is 0.508 e. The summed E-state index contributed by atoms with van der Waals surface area (Å²) in [4.78, 5) is 0. The number of phenols is 1. The van der Waals surface area contributed by atoms with E-state index in [1.54, 1.807) is 6.07 Å². The zero-order valence-corrected chi connectivity index (χ0v) is 12.8. The van der Waals surface area contributed by atoms with Crippen LogP contribution in [-0.2, 0) is 6.42 Å². The van der Waals surface area contributed by atoms with Crippen LogP contribution >= 0.6 is 0 Å². The van der Waals surface area contributed by atoms with Crippen LogP contribution in [0.5, 0.6) is 5.75 Å². The Balaban J connectivity index is 2.18. The van der Waals surface area contributed by atoms with Crippen molar-refractivity contribution in [3.63, 3.8) is 0 Å². The van der Waals surface area contributed by atoms with Gasteiger partial charge in [-0.2, -0.15) is 0 Å². The van der Waals surface area contributed by atoms with Crippen molar-refractivity contribution >= 4 is 0 Å². The van der Waals surface area contributed by atoms with Gasteiger partial charge in [0.1, 0.15) is 5.75 Å². The fraction of sp³-hybridized carbons (Fsp3) is 0.647. The van der Waals surface area contributed by atoms with E-state index in [0.717, 1.165) is 25.7 Å². The molecule has 3 nitrogen and oxygen atoms in total. The number of benzene rings is 1. The van der Waals surface area contributed by atoms with Crippen LogP contribution in [0.4, 0.5) is 0 Å². The van der Waals surface area contributed by atoms with E-state index in [0.29, 0.717) is 11.8 Å². The molecule has 2 unspecified atom stereocenters. The molecule has 0 fully saturated rings. The number of aromatic hydroxyl groups is 1. The lowest BCUT2D eigenvalue weighted by Gasteiger charge is -2.37. The monoisotopic (exact) mass is 277 g/mol. The van der Waals surface area contributed by atoms with Gasteiger partial charge in [0.15, 0.2) is 0 Å². The van der Waals surface area contributed by atoms with Gasteiger partial charge in [0.05, 0.1) is 0 Å². The summed E-state index contributed by atoms with van der Waals surface area (Å²) in [6.45, 7) is 6.84. The van der Waals surface area contributed by atoms with Crippen molar-refractivity contribution in [3.05, 3.63) is 29.3 Å². The maximum absolute atomic E-state index is 9.62. The summed E-state index contributed by atoms with van der Waals surface area (Å²) in [6.07, 6.45) is 4.08. The Morgan fingerprint density at radius 1 is 1.35 bits per heavy atom. The zero-order valence-electron chi connectivity index (χ0n) is 12.8. The van der Waals surface area contributed by atoms with Crippen LogP contribution in [0.25, 0.3) is 0 Å². The average Bonchev–Trinajstić information content (AvgIpc) is 2.37. The Morgan fingerprint density at radius 2 is 2.10 bits per heavy atom. The third-order valence-electron chi connectivity index (χ3n) is 4.31. The van der Waals surface area contributed by atoms with Gasteiger partial charge in [-0.3, -0.25) is 0 Å². The van der Waals surface area contributed by atoms with Gasteiger partial charge in [-0.15, -0.1) is 0 Å². The Hall–Kier alpha value is -1.06. The summed E-state index contributed by atoms with van der Waals surface area (Å²) in [5.74, 6) is 0.354. The van der Waals surface area contributed by atoms with Gasteiger partial charge in [-0.25, -0.2) is 0 Å². The molecule has 0 aromatic heterocycles. The highest BCUT2D eigenvalue weighted by atomic mass is 16.3. The second kappa shape index (κ2) is 6.15. The highest BCUT2D eigenvalue weighted by molar-refractivity contribution is 5.38. The summed E-state index contributed by atoms with van der Waals surface area (Å²) < 4.78 is 0. The van der Waals surface area contributed by atoms with Crippen molar-refractivity contribution in [2.45, 2.75) is 58.5 Å². The molecule has 0 saturated carbocycles. The normalized spacial score (nSPS) is 20.5. The lowest BCUT2D eigenvalue weighted by molar-refractivity contribution is 0.181. The van der Waals surface area contributed by atoms with Gasteiger partial charge in [0, 0.05) is 18.7 Å². The first-order chi connectivity index (χ1) is 9.41. The molecule has 3 heteroatoms. The highest BCUT2D eigenvalue weighted by Gasteiger charge is 2.29. The number of aryl methyl sites for hydroxylation is 1. The molecule has 0 aliphatic heterocycles. The Morgan fingerprint density at radius 3 is 2.75 bits per heavy atom. The summed E-state index contributed by atoms with van der Waals surface area (Å²) in [7, 11) is 0. The first-order valence-corrected chi connectivity index (χ1v) is 7.60. The number of hydrogen-bond donors (Lipinski definition) is 3. The Labute approximate surface area is 122 Å². The number of aliphatic hydroxyl groups excluding tert-OH is 1. The molecule has 1 aliphatic carbocycles. The summed E-state index contributed by atoms with van der Waals surface area (Å²) in [5, 5.41) is 22.6. The molecule has 2 atom stereocenters. The molecule has 112 valence electrons. The molecule has 2 rings (SSSR count). The maximum atomic E-state index is 9.62. The molecule has 0 saturated heterocycles. The van der Waals surface area contributed by atoms with E-state index in [9.17, 15) is 10.2 Å². The molecule has 0 heterocycles. The number of rotatable bonds is 4. The lowest BCUT2D eigenvalue weighted by atomic mass is 9.81. The molecular weight excluding hydrogens is 250 g/mol. The van der Waals surface area contributed by atoms with Crippen LogP contribution in [-0.4, -0.2) is 22.9 Å². The molecule has 3 N–H and O–H groups in total. The van der Waals surface area contributed by atoms with E-state index >= 15 is 0 Å². The summed E-state index contributed by atoms with van der Waals surface area (Å²) in [5.41, 5.74) is 2.68. The van der Waals surface area contributed by atoms with Crippen molar-refractivity contribution in [2.24, 2.45) is 5.41 Å². The number of phenolic OH excluding ortho intramolecular Hbond substituents is 1. The van der Waals surface area contributed by atoms with E-state index in [1.165, 1.54) is 11.1 Å². The third-order valence-corrected chi connectivity index (χ3v) is 4.31. The minimum atomic E-state index is 0.122. The van der Waals surface area contributed by atoms with Crippen LogP contribution in [0.3, 0.4) is 0 Å². The third kappa shape index (κ3) is 3.53. The first-order valence-electron chi connectivity index (χ1n) is 7.60. The smallest absolute Gasteiger partial charge is 0.115 e. The van der Waals surface area contributed by atoms with E-state index in [2.05, 4.69) is 26.1 Å². The Bertz CT molecular complexity index is 451. The molecular formula is C17H27NO2. The fourth-order valence-electron chi connectivity index (χ4n) is 3.11. The van der Waals surface area contributed by atoms with Gasteiger partial charge in [0.25, 0.3) is 0 Å². The number of fused-ring (bicyclic) bond motifs is 1. The predicted molar refractivity (Wildman–Crippen MR) is 81.9 cm³/mol. The first kappa shape index (κ1) is 15.3. The second-order valence-electron chi connectivity index (χ2n) is 6.93.